The maximum Gasteiger partial charge on any atom is 0.287 e. The number of ether oxygens (including phenoxy) is 1. The van der Waals surface area contributed by atoms with Gasteiger partial charge in [-0.05, 0) is 47.9 Å². The summed E-state index contributed by atoms with van der Waals surface area (Å²) in [6.45, 7) is 0.518. The zero-order valence-corrected chi connectivity index (χ0v) is 11.2. The third-order valence-corrected chi connectivity index (χ3v) is 2.83. The Morgan fingerprint density at radius 1 is 1.37 bits per heavy atom. The van der Waals surface area contributed by atoms with Gasteiger partial charge in [-0.25, -0.2) is 0 Å². The summed E-state index contributed by atoms with van der Waals surface area (Å²) in [5.41, 5.74) is 1.09. The lowest BCUT2D eigenvalue weighted by molar-refractivity contribution is 0.0926. The Morgan fingerprint density at radius 3 is 2.89 bits per heavy atom. The van der Waals surface area contributed by atoms with E-state index >= 15 is 0 Å². The van der Waals surface area contributed by atoms with Gasteiger partial charge < -0.3 is 14.5 Å². The maximum atomic E-state index is 11.7. The van der Waals surface area contributed by atoms with Crippen LogP contribution in [0.2, 0.25) is 5.22 Å². The van der Waals surface area contributed by atoms with Crippen molar-refractivity contribution in [3.63, 3.8) is 0 Å². The van der Waals surface area contributed by atoms with Crippen LogP contribution in [0.5, 0.6) is 5.75 Å². The molecule has 2 aromatic rings. The van der Waals surface area contributed by atoms with Crippen molar-refractivity contribution < 1.29 is 13.9 Å². The van der Waals surface area contributed by atoms with Crippen molar-refractivity contribution in [2.75, 3.05) is 13.7 Å². The average molecular weight is 280 g/mol. The van der Waals surface area contributed by atoms with E-state index in [1.807, 2.05) is 24.3 Å². The summed E-state index contributed by atoms with van der Waals surface area (Å²) in [5.74, 6) is 0.757. The molecule has 19 heavy (non-hydrogen) atoms. The fraction of sp³-hybridized carbons (Fsp3) is 0.214. The molecule has 4 nitrogen and oxygen atoms in total. The zero-order chi connectivity index (χ0) is 13.7. The first kappa shape index (κ1) is 13.5. The maximum absolute atomic E-state index is 11.7. The molecule has 100 valence electrons. The first-order valence-corrected chi connectivity index (χ1v) is 6.23. The second-order valence-corrected chi connectivity index (χ2v) is 4.33. The van der Waals surface area contributed by atoms with Crippen LogP contribution < -0.4 is 10.1 Å². The molecule has 1 aromatic heterocycles. The molecular weight excluding hydrogens is 266 g/mol. The number of furan rings is 1. The molecule has 0 aliphatic carbocycles. The fourth-order valence-electron chi connectivity index (χ4n) is 1.67. The largest absolute Gasteiger partial charge is 0.497 e. The predicted molar refractivity (Wildman–Crippen MR) is 72.7 cm³/mol. The van der Waals surface area contributed by atoms with E-state index in [2.05, 4.69) is 5.32 Å². The van der Waals surface area contributed by atoms with Crippen molar-refractivity contribution in [2.45, 2.75) is 6.42 Å². The molecule has 1 amide bonds. The Kier molecular flexibility index (Phi) is 4.47. The van der Waals surface area contributed by atoms with E-state index in [1.54, 1.807) is 19.2 Å². The number of amides is 1. The van der Waals surface area contributed by atoms with Crippen LogP contribution in [-0.2, 0) is 6.42 Å². The van der Waals surface area contributed by atoms with E-state index in [1.165, 1.54) is 0 Å². The van der Waals surface area contributed by atoms with Crippen molar-refractivity contribution in [1.82, 2.24) is 5.32 Å². The number of halogens is 1. The lowest BCUT2D eigenvalue weighted by atomic mass is 10.1. The van der Waals surface area contributed by atoms with Crippen molar-refractivity contribution in [3.05, 3.63) is 52.9 Å². The Labute approximate surface area is 116 Å². The summed E-state index contributed by atoms with van der Waals surface area (Å²) < 4.78 is 10.2. The first-order valence-electron chi connectivity index (χ1n) is 5.85. The molecule has 0 saturated carbocycles. The summed E-state index contributed by atoms with van der Waals surface area (Å²) in [6.07, 6.45) is 0.720. The molecule has 0 bridgehead atoms. The third-order valence-electron chi connectivity index (χ3n) is 2.63. The molecule has 1 N–H and O–H groups in total. The van der Waals surface area contributed by atoms with Gasteiger partial charge in [0.1, 0.15) is 5.75 Å². The van der Waals surface area contributed by atoms with Gasteiger partial charge >= 0.3 is 0 Å². The van der Waals surface area contributed by atoms with E-state index < -0.39 is 0 Å². The molecular formula is C14H14ClNO3. The molecule has 0 fully saturated rings. The molecule has 5 heteroatoms. The number of methoxy groups -OCH3 is 1. The second kappa shape index (κ2) is 6.29. The molecule has 1 heterocycles. The summed E-state index contributed by atoms with van der Waals surface area (Å²) in [5, 5.41) is 2.97. The molecule has 2 rings (SSSR count). The van der Waals surface area contributed by atoms with Gasteiger partial charge in [-0.2, -0.15) is 0 Å². The van der Waals surface area contributed by atoms with Gasteiger partial charge in [0.25, 0.3) is 5.91 Å². The lowest BCUT2D eigenvalue weighted by Crippen LogP contribution is -2.25. The van der Waals surface area contributed by atoms with Crippen molar-refractivity contribution in [1.29, 1.82) is 0 Å². The summed E-state index contributed by atoms with van der Waals surface area (Å²) in [4.78, 5) is 11.7. The highest BCUT2D eigenvalue weighted by molar-refractivity contribution is 6.29. The molecule has 0 atom stereocenters. The zero-order valence-electron chi connectivity index (χ0n) is 10.5. The standard InChI is InChI=1S/C14H14ClNO3/c1-18-11-4-2-3-10(9-11)7-8-16-14(17)12-5-6-13(15)19-12/h2-6,9H,7-8H2,1H3,(H,16,17). The minimum Gasteiger partial charge on any atom is -0.497 e. The van der Waals surface area contributed by atoms with Crippen LogP contribution in [0.4, 0.5) is 0 Å². The molecule has 0 radical (unpaired) electrons. The van der Waals surface area contributed by atoms with Gasteiger partial charge in [-0.3, -0.25) is 4.79 Å². The fourth-order valence-corrected chi connectivity index (χ4v) is 1.82. The van der Waals surface area contributed by atoms with Crippen LogP contribution in [-0.4, -0.2) is 19.6 Å². The average Bonchev–Trinajstić information content (AvgIpc) is 2.86. The van der Waals surface area contributed by atoms with Crippen molar-refractivity contribution >= 4 is 17.5 Å². The van der Waals surface area contributed by atoms with Gasteiger partial charge in [0.15, 0.2) is 11.0 Å². The molecule has 0 aliphatic heterocycles. The van der Waals surface area contributed by atoms with Crippen molar-refractivity contribution in [3.8, 4) is 5.75 Å². The van der Waals surface area contributed by atoms with E-state index in [9.17, 15) is 4.79 Å². The molecule has 0 unspecified atom stereocenters. The second-order valence-electron chi connectivity index (χ2n) is 3.96. The molecule has 0 saturated heterocycles. The summed E-state index contributed by atoms with van der Waals surface area (Å²) >= 11 is 5.61. The number of hydrogen-bond donors (Lipinski definition) is 1. The van der Waals surface area contributed by atoms with Crippen LogP contribution in [0, 0.1) is 0 Å². The molecule has 1 aromatic carbocycles. The summed E-state index contributed by atoms with van der Waals surface area (Å²) in [7, 11) is 1.63. The number of carbonyl (C=O) groups excluding carboxylic acids is 1. The predicted octanol–water partition coefficient (Wildman–Crippen LogP) is 2.91. The number of carbonyl (C=O) groups is 1. The first-order chi connectivity index (χ1) is 9.19. The van der Waals surface area contributed by atoms with Crippen LogP contribution in [0.25, 0.3) is 0 Å². The molecule has 0 aliphatic rings. The molecule has 0 spiro atoms. The van der Waals surface area contributed by atoms with Crippen molar-refractivity contribution in [2.24, 2.45) is 0 Å². The number of hydrogen-bond acceptors (Lipinski definition) is 3. The van der Waals surface area contributed by atoms with E-state index in [0.717, 1.165) is 17.7 Å². The van der Waals surface area contributed by atoms with E-state index in [-0.39, 0.29) is 16.9 Å². The van der Waals surface area contributed by atoms with Gasteiger partial charge in [-0.15, -0.1) is 0 Å². The van der Waals surface area contributed by atoms with Crippen LogP contribution in [0.1, 0.15) is 16.1 Å². The number of rotatable bonds is 5. The smallest absolute Gasteiger partial charge is 0.287 e. The van der Waals surface area contributed by atoms with Gasteiger partial charge in [0, 0.05) is 6.54 Å². The Hall–Kier alpha value is -1.94. The minimum absolute atomic E-state index is 0.206. The van der Waals surface area contributed by atoms with E-state index in [0.29, 0.717) is 6.54 Å². The monoisotopic (exact) mass is 279 g/mol. The Balaban J connectivity index is 1.84. The number of benzene rings is 1. The van der Waals surface area contributed by atoms with Crippen LogP contribution >= 0.6 is 11.6 Å². The Morgan fingerprint density at radius 2 is 2.21 bits per heavy atom. The normalized spacial score (nSPS) is 10.2. The highest BCUT2D eigenvalue weighted by Crippen LogP contribution is 2.14. The van der Waals surface area contributed by atoms with E-state index in [4.69, 9.17) is 20.8 Å². The lowest BCUT2D eigenvalue weighted by Gasteiger charge is -2.05. The number of nitrogens with one attached hydrogen (secondary N) is 1. The highest BCUT2D eigenvalue weighted by Gasteiger charge is 2.09. The van der Waals surface area contributed by atoms with Crippen LogP contribution in [0.15, 0.2) is 40.8 Å². The topological polar surface area (TPSA) is 51.5 Å². The minimum atomic E-state index is -0.269. The van der Waals surface area contributed by atoms with Gasteiger partial charge in [0.2, 0.25) is 0 Å². The van der Waals surface area contributed by atoms with Gasteiger partial charge in [-0.1, -0.05) is 12.1 Å². The quantitative estimate of drug-likeness (QED) is 0.915. The SMILES string of the molecule is COc1cccc(CCNC(=O)c2ccc(Cl)o2)c1. The highest BCUT2D eigenvalue weighted by atomic mass is 35.5. The van der Waals surface area contributed by atoms with Gasteiger partial charge in [0.05, 0.1) is 7.11 Å². The Bertz CT molecular complexity index is 565. The third kappa shape index (κ3) is 3.76. The van der Waals surface area contributed by atoms with Crippen LogP contribution in [0.3, 0.4) is 0 Å². The summed E-state index contributed by atoms with van der Waals surface area (Å²) in [6, 6.07) is 10.8.